The van der Waals surface area contributed by atoms with Crippen LogP contribution in [0.25, 0.3) is 0 Å². The number of nitrogens with one attached hydrogen (secondary N) is 4. The summed E-state index contributed by atoms with van der Waals surface area (Å²) in [7, 11) is 0. The summed E-state index contributed by atoms with van der Waals surface area (Å²) < 4.78 is 5.73. The van der Waals surface area contributed by atoms with E-state index in [4.69, 9.17) is 4.74 Å². The van der Waals surface area contributed by atoms with Gasteiger partial charge in [0.15, 0.2) is 12.4 Å². The molecule has 3 aromatic rings. The maximum atomic E-state index is 13.8. The van der Waals surface area contributed by atoms with Gasteiger partial charge in [-0.1, -0.05) is 50.2 Å². The minimum Gasteiger partial charge on any atom is -0.484 e. The molecule has 0 bridgehead atoms. The first-order valence-electron chi connectivity index (χ1n) is 13.9. The van der Waals surface area contributed by atoms with Crippen molar-refractivity contribution in [2.24, 2.45) is 5.10 Å². The predicted molar refractivity (Wildman–Crippen MR) is 166 cm³/mol. The Balaban J connectivity index is 0.000000892. The molecular formula is C32H40N6O4. The van der Waals surface area contributed by atoms with Crippen molar-refractivity contribution in [3.05, 3.63) is 89.5 Å². The van der Waals surface area contributed by atoms with Gasteiger partial charge in [0.05, 0.1) is 5.69 Å². The molecular weight excluding hydrogens is 532 g/mol. The van der Waals surface area contributed by atoms with E-state index in [-0.39, 0.29) is 12.4 Å². The SMILES string of the molecule is CC(=O)NC1(Nc2ccccc2)C(=O)N(c2ccccc2)N=C1NC(=O)COc1cc(C)c(C)c(C)c1.CCNCC. The highest BCUT2D eigenvalue weighted by Crippen LogP contribution is 2.28. The van der Waals surface area contributed by atoms with Gasteiger partial charge in [-0.15, -0.1) is 5.10 Å². The van der Waals surface area contributed by atoms with Gasteiger partial charge in [-0.25, -0.2) is 0 Å². The van der Waals surface area contributed by atoms with Crippen LogP contribution in [-0.4, -0.2) is 48.9 Å². The van der Waals surface area contributed by atoms with Crippen LogP contribution in [0.15, 0.2) is 77.9 Å². The molecule has 0 aromatic heterocycles. The molecule has 42 heavy (non-hydrogen) atoms. The van der Waals surface area contributed by atoms with Crippen molar-refractivity contribution in [2.45, 2.75) is 47.2 Å². The molecule has 0 fully saturated rings. The van der Waals surface area contributed by atoms with Crippen LogP contribution in [-0.2, 0) is 14.4 Å². The largest absolute Gasteiger partial charge is 0.484 e. The first kappa shape index (κ1) is 31.8. The number of hydrogen-bond acceptors (Lipinski definition) is 7. The number of nitrogens with zero attached hydrogens (tertiary/aromatic N) is 2. The molecule has 4 rings (SSSR count). The van der Waals surface area contributed by atoms with E-state index in [0.717, 1.165) is 34.8 Å². The van der Waals surface area contributed by atoms with E-state index in [2.05, 4.69) is 40.2 Å². The second-order valence-corrected chi connectivity index (χ2v) is 9.80. The van der Waals surface area contributed by atoms with Gasteiger partial charge >= 0.3 is 5.91 Å². The van der Waals surface area contributed by atoms with Gasteiger partial charge < -0.3 is 26.0 Å². The maximum Gasteiger partial charge on any atom is 0.302 e. The van der Waals surface area contributed by atoms with Crippen LogP contribution in [0.1, 0.15) is 37.5 Å². The summed E-state index contributed by atoms with van der Waals surface area (Å²) in [5.74, 6) is -1.14. The summed E-state index contributed by atoms with van der Waals surface area (Å²) in [6.45, 7) is 13.3. The first-order chi connectivity index (χ1) is 20.1. The molecule has 0 saturated heterocycles. The van der Waals surface area contributed by atoms with Crippen LogP contribution in [0, 0.1) is 20.8 Å². The fraction of sp³-hybridized carbons (Fsp3) is 0.312. The quantitative estimate of drug-likeness (QED) is 0.287. The number of ether oxygens (including phenoxy) is 1. The molecule has 3 aromatic carbocycles. The lowest BCUT2D eigenvalue weighted by atomic mass is 10.0. The Morgan fingerprint density at radius 1 is 0.905 bits per heavy atom. The standard InChI is InChI=1S/C28H29N5O4.C4H11N/c1-18-15-24(16-19(2)20(18)3)37-17-25(35)29-26-28(30-21(4)34,31-22-11-7-5-8-12-22)27(36)33(32-26)23-13-9-6-10-14-23;1-3-5-4-2/h5-16,31H,17H2,1-4H3,(H,30,34)(H,29,32,35);5H,3-4H2,1-2H3. The predicted octanol–water partition coefficient (Wildman–Crippen LogP) is 4.03. The lowest BCUT2D eigenvalue weighted by molar-refractivity contribution is -0.127. The minimum atomic E-state index is -1.85. The van der Waals surface area contributed by atoms with Crippen molar-refractivity contribution in [1.29, 1.82) is 0 Å². The van der Waals surface area contributed by atoms with Gasteiger partial charge in [0.25, 0.3) is 11.6 Å². The number of hydrazone groups is 1. The van der Waals surface area contributed by atoms with Crippen LogP contribution in [0.3, 0.4) is 0 Å². The fourth-order valence-electron chi connectivity index (χ4n) is 4.25. The molecule has 222 valence electrons. The molecule has 1 heterocycles. The van der Waals surface area contributed by atoms with Gasteiger partial charge in [0.1, 0.15) is 5.75 Å². The van der Waals surface area contributed by atoms with E-state index in [1.165, 1.54) is 6.92 Å². The Labute approximate surface area is 247 Å². The number of para-hydroxylation sites is 2. The third-order valence-electron chi connectivity index (χ3n) is 6.57. The van der Waals surface area contributed by atoms with Crippen molar-refractivity contribution in [3.8, 4) is 5.75 Å². The molecule has 0 aliphatic carbocycles. The first-order valence-corrected chi connectivity index (χ1v) is 13.9. The second kappa shape index (κ2) is 14.8. The van der Waals surface area contributed by atoms with Crippen molar-refractivity contribution in [2.75, 3.05) is 30.0 Å². The Hall–Kier alpha value is -4.70. The van der Waals surface area contributed by atoms with Crippen LogP contribution in [0.5, 0.6) is 5.75 Å². The average Bonchev–Trinajstić information content (AvgIpc) is 3.22. The zero-order valence-corrected chi connectivity index (χ0v) is 25.1. The van der Waals surface area contributed by atoms with Crippen LogP contribution < -0.4 is 31.0 Å². The van der Waals surface area contributed by atoms with Crippen LogP contribution in [0.4, 0.5) is 11.4 Å². The monoisotopic (exact) mass is 572 g/mol. The Morgan fingerprint density at radius 2 is 1.48 bits per heavy atom. The minimum absolute atomic E-state index is 0.0785. The molecule has 1 aliphatic heterocycles. The van der Waals surface area contributed by atoms with Gasteiger partial charge in [0, 0.05) is 12.6 Å². The number of anilines is 2. The molecule has 1 aliphatic rings. The van der Waals surface area contributed by atoms with E-state index in [9.17, 15) is 14.4 Å². The highest BCUT2D eigenvalue weighted by atomic mass is 16.5. The maximum absolute atomic E-state index is 13.8. The molecule has 0 spiro atoms. The van der Waals surface area contributed by atoms with E-state index >= 15 is 0 Å². The summed E-state index contributed by atoms with van der Waals surface area (Å²) >= 11 is 0. The number of amides is 3. The smallest absolute Gasteiger partial charge is 0.302 e. The van der Waals surface area contributed by atoms with E-state index < -0.39 is 23.4 Å². The topological polar surface area (TPSA) is 124 Å². The zero-order valence-electron chi connectivity index (χ0n) is 25.1. The molecule has 4 N–H and O–H groups in total. The summed E-state index contributed by atoms with van der Waals surface area (Å²) in [6, 6.07) is 21.4. The number of benzene rings is 3. The number of amidine groups is 1. The molecule has 0 radical (unpaired) electrons. The molecule has 1 atom stereocenters. The highest BCUT2D eigenvalue weighted by Gasteiger charge is 2.54. The molecule has 1 unspecified atom stereocenters. The highest BCUT2D eigenvalue weighted by molar-refractivity contribution is 6.27. The van der Waals surface area contributed by atoms with Crippen molar-refractivity contribution >= 4 is 34.9 Å². The lowest BCUT2D eigenvalue weighted by Crippen LogP contribution is -2.68. The summed E-state index contributed by atoms with van der Waals surface area (Å²) in [5, 5.41) is 17.1. The third kappa shape index (κ3) is 7.94. The Morgan fingerprint density at radius 3 is 2.00 bits per heavy atom. The Bertz CT molecular complexity index is 1390. The number of hydrogen-bond donors (Lipinski definition) is 4. The number of rotatable bonds is 9. The van der Waals surface area contributed by atoms with E-state index in [1.807, 2.05) is 45.0 Å². The van der Waals surface area contributed by atoms with Crippen molar-refractivity contribution < 1.29 is 19.1 Å². The number of carbonyl (C=O) groups is 3. The van der Waals surface area contributed by atoms with Gasteiger partial charge in [0.2, 0.25) is 5.91 Å². The third-order valence-corrected chi connectivity index (χ3v) is 6.57. The van der Waals surface area contributed by atoms with E-state index in [1.54, 1.807) is 48.5 Å². The second-order valence-electron chi connectivity index (χ2n) is 9.80. The molecule has 10 heteroatoms. The van der Waals surface area contributed by atoms with Gasteiger partial charge in [-0.3, -0.25) is 14.4 Å². The Kier molecular flexibility index (Phi) is 11.2. The van der Waals surface area contributed by atoms with Crippen LogP contribution >= 0.6 is 0 Å². The fourth-order valence-corrected chi connectivity index (χ4v) is 4.25. The van der Waals surface area contributed by atoms with Gasteiger partial charge in [-0.2, -0.15) is 5.01 Å². The normalized spacial score (nSPS) is 15.7. The van der Waals surface area contributed by atoms with Crippen LogP contribution in [0.2, 0.25) is 0 Å². The number of carbonyl (C=O) groups excluding carboxylic acids is 3. The van der Waals surface area contributed by atoms with Crippen molar-refractivity contribution in [3.63, 3.8) is 0 Å². The average molecular weight is 573 g/mol. The lowest BCUT2D eigenvalue weighted by Gasteiger charge is -2.31. The zero-order chi connectivity index (χ0) is 30.7. The molecule has 0 saturated carbocycles. The van der Waals surface area contributed by atoms with E-state index in [0.29, 0.717) is 17.1 Å². The summed E-state index contributed by atoms with van der Waals surface area (Å²) in [6.07, 6.45) is 0. The summed E-state index contributed by atoms with van der Waals surface area (Å²) in [4.78, 5) is 39.1. The van der Waals surface area contributed by atoms with Gasteiger partial charge in [-0.05, 0) is 86.9 Å². The number of aryl methyl sites for hydroxylation is 2. The molecule has 3 amide bonds. The van der Waals surface area contributed by atoms with Crippen molar-refractivity contribution in [1.82, 2.24) is 16.0 Å². The summed E-state index contributed by atoms with van der Waals surface area (Å²) in [5.41, 5.74) is 2.43. The molecule has 10 nitrogen and oxygen atoms in total.